The summed E-state index contributed by atoms with van der Waals surface area (Å²) >= 11 is 0. The zero-order chi connectivity index (χ0) is 9.90. The van der Waals surface area contributed by atoms with Crippen LogP contribution in [0.1, 0.15) is 32.1 Å². The molecule has 0 aromatic heterocycles. The minimum absolute atomic E-state index is 1.06. The van der Waals surface area contributed by atoms with E-state index in [2.05, 4.69) is 55.0 Å². The van der Waals surface area contributed by atoms with Crippen LogP contribution in [0, 0.1) is 6.42 Å². The van der Waals surface area contributed by atoms with Crippen molar-refractivity contribution in [2.75, 3.05) is 0 Å². The van der Waals surface area contributed by atoms with Crippen molar-refractivity contribution in [3.05, 3.63) is 55.0 Å². The topological polar surface area (TPSA) is 0 Å². The van der Waals surface area contributed by atoms with Crippen LogP contribution >= 0.6 is 0 Å². The molecule has 0 heteroatoms. The first-order valence-electron chi connectivity index (χ1n) is 5.47. The van der Waals surface area contributed by atoms with Gasteiger partial charge in [0.15, 0.2) is 0 Å². The maximum absolute atomic E-state index is 2.29. The lowest BCUT2D eigenvalue weighted by Gasteiger charge is -1.93. The Labute approximate surface area is 87.7 Å². The molecule has 0 aromatic rings. The van der Waals surface area contributed by atoms with Gasteiger partial charge in [-0.3, -0.25) is 0 Å². The molecular weight excluding hydrogens is 168 g/mol. The molecule has 0 atom stereocenters. The van der Waals surface area contributed by atoms with Crippen LogP contribution in [0.2, 0.25) is 0 Å². The van der Waals surface area contributed by atoms with Crippen molar-refractivity contribution in [1.82, 2.24) is 0 Å². The first-order chi connectivity index (χ1) is 7.00. The lowest BCUT2D eigenvalue weighted by Crippen LogP contribution is -1.73. The van der Waals surface area contributed by atoms with E-state index in [1.54, 1.807) is 0 Å². The molecule has 1 aliphatic rings. The third-order valence-corrected chi connectivity index (χ3v) is 2.15. The third kappa shape index (κ3) is 6.47. The second-order valence-electron chi connectivity index (χ2n) is 3.43. The van der Waals surface area contributed by atoms with E-state index in [9.17, 15) is 0 Å². The summed E-state index contributed by atoms with van der Waals surface area (Å²) in [5, 5.41) is 0. The standard InChI is InChI=1S/C14H19/c1-2-4-6-8-10-12-14-13-11-9-7-5-3-1/h1-7,10,12H,8-9,11,13-14H2/b3-1+,6-4-,7-5+,12-10-. The van der Waals surface area contributed by atoms with Crippen molar-refractivity contribution in [3.63, 3.8) is 0 Å². The highest BCUT2D eigenvalue weighted by molar-refractivity contribution is 5.14. The summed E-state index contributed by atoms with van der Waals surface area (Å²) < 4.78 is 0. The van der Waals surface area contributed by atoms with Gasteiger partial charge in [-0.1, -0.05) is 48.6 Å². The van der Waals surface area contributed by atoms with Gasteiger partial charge >= 0.3 is 0 Å². The SMILES string of the molecule is [CH]1/C=C\C/C=C\CCCC/C=C/C=C/1. The summed E-state index contributed by atoms with van der Waals surface area (Å²) in [5.41, 5.74) is 0. The van der Waals surface area contributed by atoms with E-state index >= 15 is 0 Å². The molecule has 0 fully saturated rings. The summed E-state index contributed by atoms with van der Waals surface area (Å²) in [6.45, 7) is 0. The van der Waals surface area contributed by atoms with Gasteiger partial charge in [0, 0.05) is 6.42 Å². The van der Waals surface area contributed by atoms with Gasteiger partial charge in [-0.15, -0.1) is 0 Å². The average Bonchev–Trinajstić information content (AvgIpc) is 2.22. The summed E-state index contributed by atoms with van der Waals surface area (Å²) in [6, 6.07) is 0. The highest BCUT2D eigenvalue weighted by Gasteiger charge is 1.83. The molecule has 0 aromatic carbocycles. The van der Waals surface area contributed by atoms with Crippen LogP contribution < -0.4 is 0 Å². The second-order valence-corrected chi connectivity index (χ2v) is 3.43. The molecule has 0 bridgehead atoms. The molecule has 1 rings (SSSR count). The summed E-state index contributed by atoms with van der Waals surface area (Å²) in [5.74, 6) is 0. The molecule has 1 aliphatic carbocycles. The van der Waals surface area contributed by atoms with Crippen molar-refractivity contribution in [2.45, 2.75) is 32.1 Å². The lowest BCUT2D eigenvalue weighted by molar-refractivity contribution is 0.761. The van der Waals surface area contributed by atoms with Gasteiger partial charge in [-0.25, -0.2) is 0 Å². The molecule has 0 aliphatic heterocycles. The summed E-state index contributed by atoms with van der Waals surface area (Å²) in [6.07, 6.45) is 25.5. The van der Waals surface area contributed by atoms with Crippen LogP contribution in [0.3, 0.4) is 0 Å². The molecule has 0 unspecified atom stereocenters. The van der Waals surface area contributed by atoms with E-state index in [0.717, 1.165) is 6.42 Å². The van der Waals surface area contributed by atoms with Gasteiger partial charge in [0.2, 0.25) is 0 Å². The molecule has 0 nitrogen and oxygen atoms in total. The molecule has 14 heavy (non-hydrogen) atoms. The van der Waals surface area contributed by atoms with Crippen LogP contribution in [-0.4, -0.2) is 0 Å². The monoisotopic (exact) mass is 187 g/mol. The minimum atomic E-state index is 1.06. The van der Waals surface area contributed by atoms with Gasteiger partial charge in [-0.05, 0) is 32.1 Å². The molecule has 1 radical (unpaired) electrons. The van der Waals surface area contributed by atoms with E-state index in [1.165, 1.54) is 25.7 Å². The molecule has 0 saturated heterocycles. The van der Waals surface area contributed by atoms with E-state index < -0.39 is 0 Å². The van der Waals surface area contributed by atoms with Crippen LogP contribution in [0.4, 0.5) is 0 Å². The zero-order valence-corrected chi connectivity index (χ0v) is 8.73. The first kappa shape index (κ1) is 11.0. The van der Waals surface area contributed by atoms with Crippen LogP contribution in [0.5, 0.6) is 0 Å². The molecule has 0 N–H and O–H groups in total. The summed E-state index contributed by atoms with van der Waals surface area (Å²) in [7, 11) is 0. The quantitative estimate of drug-likeness (QED) is 0.494. The van der Waals surface area contributed by atoms with Crippen molar-refractivity contribution in [3.8, 4) is 0 Å². The van der Waals surface area contributed by atoms with Crippen molar-refractivity contribution >= 4 is 0 Å². The van der Waals surface area contributed by atoms with Crippen molar-refractivity contribution in [1.29, 1.82) is 0 Å². The Morgan fingerprint density at radius 1 is 0.571 bits per heavy atom. The molecule has 75 valence electrons. The average molecular weight is 187 g/mol. The molecule has 0 saturated carbocycles. The highest BCUT2D eigenvalue weighted by Crippen LogP contribution is 2.03. The van der Waals surface area contributed by atoms with Crippen LogP contribution in [0.25, 0.3) is 0 Å². The van der Waals surface area contributed by atoms with Gasteiger partial charge in [0.25, 0.3) is 0 Å². The number of rotatable bonds is 0. The van der Waals surface area contributed by atoms with Gasteiger partial charge < -0.3 is 0 Å². The number of hydrogen-bond donors (Lipinski definition) is 0. The molecule has 0 amide bonds. The zero-order valence-electron chi connectivity index (χ0n) is 8.73. The van der Waals surface area contributed by atoms with Gasteiger partial charge in [0.05, 0.1) is 0 Å². The minimum Gasteiger partial charge on any atom is -0.0882 e. The van der Waals surface area contributed by atoms with Crippen molar-refractivity contribution in [2.24, 2.45) is 0 Å². The molecular formula is C14H19. The molecule has 0 spiro atoms. The number of hydrogen-bond acceptors (Lipinski definition) is 0. The smallest absolute Gasteiger partial charge is 0.00474 e. The van der Waals surface area contributed by atoms with E-state index in [0.29, 0.717) is 0 Å². The van der Waals surface area contributed by atoms with E-state index in [1.807, 2.05) is 0 Å². The fourth-order valence-electron chi connectivity index (χ4n) is 1.34. The van der Waals surface area contributed by atoms with Gasteiger partial charge in [0.1, 0.15) is 0 Å². The Hall–Kier alpha value is -1.04. The first-order valence-corrected chi connectivity index (χ1v) is 5.47. The highest BCUT2D eigenvalue weighted by atomic mass is 13.9. The maximum atomic E-state index is 2.29. The molecule has 0 heterocycles. The second kappa shape index (κ2) is 8.55. The predicted molar refractivity (Wildman–Crippen MR) is 63.9 cm³/mol. The summed E-state index contributed by atoms with van der Waals surface area (Å²) in [4.78, 5) is 0. The predicted octanol–water partition coefficient (Wildman–Crippen LogP) is 4.38. The Bertz CT molecular complexity index is 228. The van der Waals surface area contributed by atoms with Crippen LogP contribution in [0.15, 0.2) is 48.6 Å². The van der Waals surface area contributed by atoms with Crippen LogP contribution in [-0.2, 0) is 0 Å². The fourth-order valence-corrected chi connectivity index (χ4v) is 1.34. The Kier molecular flexibility index (Phi) is 6.74. The Balaban J connectivity index is 2.35. The van der Waals surface area contributed by atoms with Crippen molar-refractivity contribution < 1.29 is 0 Å². The normalized spacial score (nSPS) is 28.6. The largest absolute Gasteiger partial charge is 0.0882 e. The van der Waals surface area contributed by atoms with E-state index in [-0.39, 0.29) is 0 Å². The third-order valence-electron chi connectivity index (χ3n) is 2.15. The Morgan fingerprint density at radius 3 is 2.36 bits per heavy atom. The maximum Gasteiger partial charge on any atom is 0.00474 e. The number of allylic oxidation sites excluding steroid dienone is 8. The fraction of sp³-hybridized carbons (Fsp3) is 0.357. The van der Waals surface area contributed by atoms with Gasteiger partial charge in [-0.2, -0.15) is 0 Å². The lowest BCUT2D eigenvalue weighted by atomic mass is 10.1. The Morgan fingerprint density at radius 2 is 1.43 bits per heavy atom. The van der Waals surface area contributed by atoms with E-state index in [4.69, 9.17) is 0 Å².